The number of hydrogen-bond donors (Lipinski definition) is 1. The Bertz CT molecular complexity index is 492. The summed E-state index contributed by atoms with van der Waals surface area (Å²) in [5.41, 5.74) is -0.486. The summed E-state index contributed by atoms with van der Waals surface area (Å²) in [5, 5.41) is 13.1. The molecule has 2 unspecified atom stereocenters. The fourth-order valence-corrected chi connectivity index (χ4v) is 2.78. The van der Waals surface area contributed by atoms with Gasteiger partial charge in [-0.3, -0.25) is 4.79 Å². The first kappa shape index (κ1) is 15.9. The number of carboxylic acid groups (broad SMARTS) is 1. The number of nitrogens with zero attached hydrogens (tertiary/aromatic N) is 2. The van der Waals surface area contributed by atoms with Crippen molar-refractivity contribution in [3.8, 4) is 0 Å². The molecule has 1 saturated carbocycles. The van der Waals surface area contributed by atoms with Crippen LogP contribution in [0.2, 0.25) is 0 Å². The molecule has 6 heteroatoms. The number of carboxylic acids is 1. The first-order valence-electron chi connectivity index (χ1n) is 7.51. The van der Waals surface area contributed by atoms with Gasteiger partial charge in [-0.1, -0.05) is 25.9 Å². The average molecular weight is 296 g/mol. The van der Waals surface area contributed by atoms with E-state index in [1.165, 1.54) is 0 Å². The SMILES string of the molecule is COC1(c2noc(C(C)C(C)C(=O)O)n2)CCC(C)CC1. The predicted molar refractivity (Wildman–Crippen MR) is 75.8 cm³/mol. The molecule has 1 fully saturated rings. The Morgan fingerprint density at radius 3 is 2.57 bits per heavy atom. The highest BCUT2D eigenvalue weighted by molar-refractivity contribution is 5.70. The molecule has 2 rings (SSSR count). The van der Waals surface area contributed by atoms with Gasteiger partial charge in [-0.15, -0.1) is 0 Å². The number of rotatable bonds is 5. The largest absolute Gasteiger partial charge is 0.481 e. The topological polar surface area (TPSA) is 85.5 Å². The van der Waals surface area contributed by atoms with E-state index in [-0.39, 0.29) is 5.92 Å². The molecule has 1 N–H and O–H groups in total. The van der Waals surface area contributed by atoms with Gasteiger partial charge in [-0.05, 0) is 31.6 Å². The van der Waals surface area contributed by atoms with Crippen LogP contribution in [0.5, 0.6) is 0 Å². The van der Waals surface area contributed by atoms with E-state index in [1.807, 2.05) is 0 Å². The van der Waals surface area contributed by atoms with E-state index in [0.717, 1.165) is 25.7 Å². The molecule has 0 radical (unpaired) electrons. The molecule has 1 aromatic heterocycles. The molecule has 1 aliphatic rings. The summed E-state index contributed by atoms with van der Waals surface area (Å²) in [6.45, 7) is 5.67. The molecule has 0 aromatic carbocycles. The van der Waals surface area contributed by atoms with Gasteiger partial charge in [0.15, 0.2) is 0 Å². The molecule has 0 spiro atoms. The molecule has 1 aromatic rings. The maximum absolute atomic E-state index is 11.1. The molecule has 1 heterocycles. The number of aliphatic carboxylic acids is 1. The smallest absolute Gasteiger partial charge is 0.307 e. The van der Waals surface area contributed by atoms with E-state index < -0.39 is 17.5 Å². The quantitative estimate of drug-likeness (QED) is 0.899. The van der Waals surface area contributed by atoms with Gasteiger partial charge in [0.2, 0.25) is 11.7 Å². The van der Waals surface area contributed by atoms with Gasteiger partial charge in [0.1, 0.15) is 5.60 Å². The average Bonchev–Trinajstić information content (AvgIpc) is 2.97. The first-order chi connectivity index (χ1) is 9.89. The van der Waals surface area contributed by atoms with Crippen molar-refractivity contribution in [2.45, 2.75) is 58.0 Å². The summed E-state index contributed by atoms with van der Waals surface area (Å²) in [6.07, 6.45) is 3.87. The summed E-state index contributed by atoms with van der Waals surface area (Å²) in [5.74, 6) is -0.143. The van der Waals surface area contributed by atoms with Crippen LogP contribution < -0.4 is 0 Å². The second-order valence-corrected chi connectivity index (χ2v) is 6.25. The van der Waals surface area contributed by atoms with Crippen LogP contribution in [0.15, 0.2) is 4.52 Å². The molecule has 2 atom stereocenters. The minimum atomic E-state index is -0.866. The second-order valence-electron chi connectivity index (χ2n) is 6.25. The van der Waals surface area contributed by atoms with E-state index in [4.69, 9.17) is 14.4 Å². The van der Waals surface area contributed by atoms with Gasteiger partial charge < -0.3 is 14.4 Å². The monoisotopic (exact) mass is 296 g/mol. The van der Waals surface area contributed by atoms with Crippen LogP contribution in [-0.4, -0.2) is 28.3 Å². The summed E-state index contributed by atoms with van der Waals surface area (Å²) < 4.78 is 11.0. The number of aromatic nitrogens is 2. The molecule has 6 nitrogen and oxygen atoms in total. The Morgan fingerprint density at radius 2 is 2.05 bits per heavy atom. The van der Waals surface area contributed by atoms with Gasteiger partial charge in [-0.25, -0.2) is 0 Å². The molecule has 0 aliphatic heterocycles. The third-order valence-electron chi connectivity index (χ3n) is 4.85. The van der Waals surface area contributed by atoms with Crippen LogP contribution in [0.4, 0.5) is 0 Å². The number of carbonyl (C=O) groups is 1. The van der Waals surface area contributed by atoms with Crippen molar-refractivity contribution < 1.29 is 19.2 Å². The zero-order valence-electron chi connectivity index (χ0n) is 13.1. The minimum absolute atomic E-state index is 0.319. The second kappa shape index (κ2) is 6.13. The lowest BCUT2D eigenvalue weighted by Gasteiger charge is -2.35. The predicted octanol–water partition coefficient (Wildman–Crippen LogP) is 2.95. The molecule has 1 aliphatic carbocycles. The third-order valence-corrected chi connectivity index (χ3v) is 4.85. The van der Waals surface area contributed by atoms with Crippen molar-refractivity contribution in [2.24, 2.45) is 11.8 Å². The highest BCUT2D eigenvalue weighted by Gasteiger charge is 2.41. The number of ether oxygens (including phenoxy) is 1. The van der Waals surface area contributed by atoms with E-state index in [2.05, 4.69) is 17.1 Å². The lowest BCUT2D eigenvalue weighted by molar-refractivity contribution is -0.141. The Morgan fingerprint density at radius 1 is 1.43 bits per heavy atom. The standard InChI is InChI=1S/C15H24N2O4/c1-9-5-7-15(20-4,8-6-9)14-16-12(21-17-14)10(2)11(3)13(18)19/h9-11H,5-8H2,1-4H3,(H,18,19). The zero-order chi connectivity index (χ0) is 15.6. The van der Waals surface area contributed by atoms with Crippen LogP contribution in [0.1, 0.15) is 64.1 Å². The Hall–Kier alpha value is -1.43. The molecular formula is C15H24N2O4. The van der Waals surface area contributed by atoms with Crippen molar-refractivity contribution in [2.75, 3.05) is 7.11 Å². The lowest BCUT2D eigenvalue weighted by Crippen LogP contribution is -2.34. The molecule has 21 heavy (non-hydrogen) atoms. The fraction of sp³-hybridized carbons (Fsp3) is 0.800. The molecule has 0 amide bonds. The number of hydrogen-bond acceptors (Lipinski definition) is 5. The van der Waals surface area contributed by atoms with Gasteiger partial charge in [0.25, 0.3) is 0 Å². The maximum atomic E-state index is 11.1. The van der Waals surface area contributed by atoms with Crippen LogP contribution in [0, 0.1) is 11.8 Å². The van der Waals surface area contributed by atoms with Crippen molar-refractivity contribution >= 4 is 5.97 Å². The summed E-state index contributed by atoms with van der Waals surface area (Å²) in [4.78, 5) is 15.5. The van der Waals surface area contributed by atoms with Crippen molar-refractivity contribution in [3.63, 3.8) is 0 Å². The van der Waals surface area contributed by atoms with Gasteiger partial charge >= 0.3 is 5.97 Å². The van der Waals surface area contributed by atoms with E-state index >= 15 is 0 Å². The third kappa shape index (κ3) is 3.10. The molecular weight excluding hydrogens is 272 g/mol. The normalized spacial score (nSPS) is 29.0. The highest BCUT2D eigenvalue weighted by Crippen LogP contribution is 2.41. The molecule has 0 saturated heterocycles. The summed E-state index contributed by atoms with van der Waals surface area (Å²) >= 11 is 0. The minimum Gasteiger partial charge on any atom is -0.481 e. The first-order valence-corrected chi connectivity index (χ1v) is 7.51. The Kier molecular flexibility index (Phi) is 4.66. The zero-order valence-corrected chi connectivity index (χ0v) is 13.1. The van der Waals surface area contributed by atoms with Crippen molar-refractivity contribution in [3.05, 3.63) is 11.7 Å². The van der Waals surface area contributed by atoms with Crippen LogP contribution in [0.3, 0.4) is 0 Å². The van der Waals surface area contributed by atoms with Crippen LogP contribution >= 0.6 is 0 Å². The Labute approximate surface area is 124 Å². The van der Waals surface area contributed by atoms with Gasteiger partial charge in [0.05, 0.1) is 5.92 Å². The fourth-order valence-electron chi connectivity index (χ4n) is 2.78. The van der Waals surface area contributed by atoms with E-state index in [1.54, 1.807) is 21.0 Å². The van der Waals surface area contributed by atoms with Crippen molar-refractivity contribution in [1.82, 2.24) is 10.1 Å². The van der Waals surface area contributed by atoms with Gasteiger partial charge in [0, 0.05) is 13.0 Å². The maximum Gasteiger partial charge on any atom is 0.307 e. The van der Waals surface area contributed by atoms with Crippen LogP contribution in [0.25, 0.3) is 0 Å². The highest BCUT2D eigenvalue weighted by atomic mass is 16.5. The lowest BCUT2D eigenvalue weighted by atomic mass is 9.79. The molecule has 0 bridgehead atoms. The van der Waals surface area contributed by atoms with E-state index in [0.29, 0.717) is 17.6 Å². The van der Waals surface area contributed by atoms with Crippen molar-refractivity contribution in [1.29, 1.82) is 0 Å². The van der Waals surface area contributed by atoms with Gasteiger partial charge in [-0.2, -0.15) is 4.98 Å². The summed E-state index contributed by atoms with van der Waals surface area (Å²) in [7, 11) is 1.68. The Balaban J connectivity index is 2.20. The van der Waals surface area contributed by atoms with Crippen LogP contribution in [-0.2, 0) is 15.1 Å². The molecule has 118 valence electrons. The van der Waals surface area contributed by atoms with E-state index in [9.17, 15) is 4.79 Å². The summed E-state index contributed by atoms with van der Waals surface area (Å²) in [6, 6.07) is 0. The number of methoxy groups -OCH3 is 1.